The first-order chi connectivity index (χ1) is 10.2. The van der Waals surface area contributed by atoms with Crippen LogP contribution < -0.4 is 10.6 Å². The zero-order valence-corrected chi connectivity index (χ0v) is 12.5. The molecule has 0 radical (unpaired) electrons. The number of nitrogens with zero attached hydrogens (tertiary/aromatic N) is 1. The Kier molecular flexibility index (Phi) is 5.99. The van der Waals surface area contributed by atoms with Gasteiger partial charge in [-0.2, -0.15) is 0 Å². The molecule has 5 heteroatoms. The topological polar surface area (TPSA) is 44.4 Å². The van der Waals surface area contributed by atoms with Gasteiger partial charge < -0.3 is 10.6 Å². The van der Waals surface area contributed by atoms with Crippen molar-refractivity contribution >= 4 is 6.03 Å². The van der Waals surface area contributed by atoms with Crippen molar-refractivity contribution in [3.63, 3.8) is 0 Å². The SMILES string of the molecule is C[C@H]1CN(Cc2ccccc2)C[C@H]1NC(=O)NCCCF. The number of carbonyl (C=O) groups excluding carboxylic acids is 1. The maximum Gasteiger partial charge on any atom is 0.315 e. The Morgan fingerprint density at radius 1 is 1.33 bits per heavy atom. The van der Waals surface area contributed by atoms with E-state index < -0.39 is 6.67 Å². The largest absolute Gasteiger partial charge is 0.338 e. The molecule has 4 nitrogen and oxygen atoms in total. The first-order valence-electron chi connectivity index (χ1n) is 7.55. The van der Waals surface area contributed by atoms with Gasteiger partial charge in [0.25, 0.3) is 0 Å². The van der Waals surface area contributed by atoms with Crippen molar-refractivity contribution in [3.8, 4) is 0 Å². The number of nitrogens with one attached hydrogen (secondary N) is 2. The molecule has 1 heterocycles. The lowest BCUT2D eigenvalue weighted by atomic mass is 10.1. The summed E-state index contributed by atoms with van der Waals surface area (Å²) in [5.74, 6) is 0.417. The molecule has 21 heavy (non-hydrogen) atoms. The molecule has 2 N–H and O–H groups in total. The van der Waals surface area contributed by atoms with E-state index >= 15 is 0 Å². The molecule has 2 atom stereocenters. The molecule has 2 amide bonds. The predicted molar refractivity (Wildman–Crippen MR) is 81.8 cm³/mol. The van der Waals surface area contributed by atoms with E-state index in [4.69, 9.17) is 0 Å². The second-order valence-corrected chi connectivity index (χ2v) is 5.71. The van der Waals surface area contributed by atoms with Gasteiger partial charge >= 0.3 is 6.03 Å². The monoisotopic (exact) mass is 293 g/mol. The summed E-state index contributed by atoms with van der Waals surface area (Å²) in [5.41, 5.74) is 1.29. The smallest absolute Gasteiger partial charge is 0.315 e. The number of hydrogen-bond donors (Lipinski definition) is 2. The Bertz CT molecular complexity index is 440. The fourth-order valence-corrected chi connectivity index (χ4v) is 2.71. The zero-order chi connectivity index (χ0) is 15.1. The second-order valence-electron chi connectivity index (χ2n) is 5.71. The molecule has 1 aliphatic rings. The van der Waals surface area contributed by atoms with Crippen LogP contribution in [-0.2, 0) is 6.54 Å². The number of alkyl halides is 1. The average Bonchev–Trinajstić information content (AvgIpc) is 2.80. The summed E-state index contributed by atoms with van der Waals surface area (Å²) in [6.45, 7) is 4.88. The predicted octanol–water partition coefficient (Wildman–Crippen LogP) is 2.17. The van der Waals surface area contributed by atoms with Crippen LogP contribution in [0.2, 0.25) is 0 Å². The maximum atomic E-state index is 12.0. The van der Waals surface area contributed by atoms with Gasteiger partial charge in [0.1, 0.15) is 0 Å². The fraction of sp³-hybridized carbons (Fsp3) is 0.562. The maximum absolute atomic E-state index is 12.0. The van der Waals surface area contributed by atoms with Gasteiger partial charge in [-0.05, 0) is 17.9 Å². The van der Waals surface area contributed by atoms with Gasteiger partial charge in [-0.25, -0.2) is 4.79 Å². The van der Waals surface area contributed by atoms with Gasteiger partial charge in [-0.15, -0.1) is 0 Å². The van der Waals surface area contributed by atoms with Gasteiger partial charge in [0.05, 0.1) is 6.67 Å². The fourth-order valence-electron chi connectivity index (χ4n) is 2.71. The summed E-state index contributed by atoms with van der Waals surface area (Å²) >= 11 is 0. The van der Waals surface area contributed by atoms with Gasteiger partial charge in [-0.3, -0.25) is 9.29 Å². The molecule has 1 aromatic carbocycles. The summed E-state index contributed by atoms with van der Waals surface area (Å²) in [7, 11) is 0. The molecule has 1 aromatic rings. The molecule has 0 aliphatic carbocycles. The van der Waals surface area contributed by atoms with Crippen molar-refractivity contribution < 1.29 is 9.18 Å². The Morgan fingerprint density at radius 3 is 2.81 bits per heavy atom. The van der Waals surface area contributed by atoms with Gasteiger partial charge in [-0.1, -0.05) is 37.3 Å². The first-order valence-corrected chi connectivity index (χ1v) is 7.55. The second kappa shape index (κ2) is 7.98. The van der Waals surface area contributed by atoms with Crippen LogP contribution in [0.4, 0.5) is 9.18 Å². The highest BCUT2D eigenvalue weighted by molar-refractivity contribution is 5.74. The Balaban J connectivity index is 1.77. The minimum Gasteiger partial charge on any atom is -0.338 e. The standard InChI is InChI=1S/C16H24FN3O/c1-13-10-20(11-14-6-3-2-4-7-14)12-15(13)19-16(21)18-9-5-8-17/h2-4,6-7,13,15H,5,8-12H2,1H3,(H2,18,19,21)/t13-,15+/m0/s1. The van der Waals surface area contributed by atoms with Gasteiger partial charge in [0, 0.05) is 32.2 Å². The van der Waals surface area contributed by atoms with Crippen molar-refractivity contribution in [1.82, 2.24) is 15.5 Å². The summed E-state index contributed by atoms with van der Waals surface area (Å²) in [4.78, 5) is 14.1. The highest BCUT2D eigenvalue weighted by Gasteiger charge is 2.30. The molecular formula is C16H24FN3O. The third-order valence-electron chi connectivity index (χ3n) is 3.85. The number of amides is 2. The van der Waals surface area contributed by atoms with Crippen molar-refractivity contribution in [1.29, 1.82) is 0 Å². The molecule has 116 valence electrons. The number of rotatable bonds is 6. The lowest BCUT2D eigenvalue weighted by molar-refractivity contribution is 0.234. The van der Waals surface area contributed by atoms with Crippen LogP contribution in [0.15, 0.2) is 30.3 Å². The molecule has 2 rings (SSSR count). The summed E-state index contributed by atoms with van der Waals surface area (Å²) in [6.07, 6.45) is 0.369. The van der Waals surface area contributed by atoms with E-state index in [1.807, 2.05) is 18.2 Å². The van der Waals surface area contributed by atoms with Crippen LogP contribution in [0, 0.1) is 5.92 Å². The Labute approximate surface area is 125 Å². The van der Waals surface area contributed by atoms with Crippen molar-refractivity contribution in [3.05, 3.63) is 35.9 Å². The number of carbonyl (C=O) groups is 1. The zero-order valence-electron chi connectivity index (χ0n) is 12.5. The van der Waals surface area contributed by atoms with Crippen LogP contribution in [0.1, 0.15) is 18.9 Å². The summed E-state index contributed by atoms with van der Waals surface area (Å²) in [6, 6.07) is 10.3. The molecule has 0 unspecified atom stereocenters. The Hall–Kier alpha value is -1.62. The third-order valence-corrected chi connectivity index (χ3v) is 3.85. The normalized spacial score (nSPS) is 22.2. The van der Waals surface area contributed by atoms with Crippen LogP contribution in [0.25, 0.3) is 0 Å². The van der Waals surface area contributed by atoms with E-state index in [0.717, 1.165) is 19.6 Å². The van der Waals surface area contributed by atoms with E-state index in [1.54, 1.807) is 0 Å². The van der Waals surface area contributed by atoms with Crippen molar-refractivity contribution in [2.24, 2.45) is 5.92 Å². The van der Waals surface area contributed by atoms with E-state index in [9.17, 15) is 9.18 Å². The minimum absolute atomic E-state index is 0.152. The first kappa shape index (κ1) is 15.8. The lowest BCUT2D eigenvalue weighted by Crippen LogP contribution is -2.45. The van der Waals surface area contributed by atoms with Gasteiger partial charge in [0.15, 0.2) is 0 Å². The van der Waals surface area contributed by atoms with Crippen molar-refractivity contribution in [2.75, 3.05) is 26.3 Å². The molecule has 0 aromatic heterocycles. The summed E-state index contributed by atoms with van der Waals surface area (Å²) < 4.78 is 12.0. The van der Waals surface area contributed by atoms with Gasteiger partial charge in [0.2, 0.25) is 0 Å². The number of likely N-dealkylation sites (tertiary alicyclic amines) is 1. The molecule has 0 bridgehead atoms. The number of urea groups is 1. The number of hydrogen-bond acceptors (Lipinski definition) is 2. The number of halogens is 1. The quantitative estimate of drug-likeness (QED) is 0.790. The molecule has 0 spiro atoms. The third kappa shape index (κ3) is 5.01. The van der Waals surface area contributed by atoms with E-state index in [-0.39, 0.29) is 12.1 Å². The lowest BCUT2D eigenvalue weighted by Gasteiger charge is -2.17. The Morgan fingerprint density at radius 2 is 2.10 bits per heavy atom. The average molecular weight is 293 g/mol. The van der Waals surface area contributed by atoms with Crippen LogP contribution >= 0.6 is 0 Å². The summed E-state index contributed by atoms with van der Waals surface area (Å²) in [5, 5.41) is 5.68. The van der Waals surface area contributed by atoms with Crippen LogP contribution in [0.3, 0.4) is 0 Å². The highest BCUT2D eigenvalue weighted by Crippen LogP contribution is 2.18. The molecule has 1 saturated heterocycles. The molecule has 1 aliphatic heterocycles. The van der Waals surface area contributed by atoms with E-state index in [0.29, 0.717) is 18.9 Å². The minimum atomic E-state index is -0.398. The van der Waals surface area contributed by atoms with Crippen LogP contribution in [0.5, 0.6) is 0 Å². The highest BCUT2D eigenvalue weighted by atomic mass is 19.1. The molecule has 1 fully saturated rings. The van der Waals surface area contributed by atoms with E-state index in [2.05, 4.69) is 34.6 Å². The number of benzene rings is 1. The van der Waals surface area contributed by atoms with Crippen molar-refractivity contribution in [2.45, 2.75) is 25.9 Å². The molecular weight excluding hydrogens is 269 g/mol. The van der Waals surface area contributed by atoms with Crippen LogP contribution in [-0.4, -0.2) is 43.3 Å². The molecule has 0 saturated carbocycles. The van der Waals surface area contributed by atoms with E-state index in [1.165, 1.54) is 5.56 Å².